The molecule has 0 bridgehead atoms. The first-order valence-corrected chi connectivity index (χ1v) is 8.31. The van der Waals surface area contributed by atoms with Gasteiger partial charge < -0.3 is 9.64 Å². The van der Waals surface area contributed by atoms with Crippen LogP contribution in [-0.2, 0) is 0 Å². The lowest BCUT2D eigenvalue weighted by molar-refractivity contribution is 0.0789. The molecule has 0 spiro atoms. The summed E-state index contributed by atoms with van der Waals surface area (Å²) in [4.78, 5) is 18.7. The number of carbonyl (C=O) groups excluding carboxylic acids is 1. The Hall–Kier alpha value is -2.89. The molecule has 2 aromatic heterocycles. The standard InChI is InChI=1S/C19H22N4O2/c1-14-7-4-5-8-17(14)25-12-6-10-22(3)19(24)16-13-20-23-11-9-15(2)21-18(16)23/h4-5,7-9,11,13H,6,10,12H2,1-3H3. The average Bonchev–Trinajstić information content (AvgIpc) is 3.02. The highest BCUT2D eigenvalue weighted by Gasteiger charge is 2.17. The number of aromatic nitrogens is 3. The van der Waals surface area contributed by atoms with E-state index in [1.165, 1.54) is 0 Å². The number of ether oxygens (including phenoxy) is 1. The molecule has 3 rings (SSSR count). The fourth-order valence-electron chi connectivity index (χ4n) is 2.62. The maximum Gasteiger partial charge on any atom is 0.259 e. The fourth-order valence-corrected chi connectivity index (χ4v) is 2.62. The minimum atomic E-state index is -0.0796. The summed E-state index contributed by atoms with van der Waals surface area (Å²) in [6.45, 7) is 5.08. The van der Waals surface area contributed by atoms with E-state index in [1.54, 1.807) is 22.7 Å². The summed E-state index contributed by atoms with van der Waals surface area (Å²) in [7, 11) is 1.79. The molecule has 6 heteroatoms. The van der Waals surface area contributed by atoms with E-state index in [2.05, 4.69) is 10.1 Å². The molecule has 0 N–H and O–H groups in total. The van der Waals surface area contributed by atoms with Crippen LogP contribution in [0.4, 0.5) is 0 Å². The molecule has 0 saturated heterocycles. The summed E-state index contributed by atoms with van der Waals surface area (Å²) in [6, 6.07) is 9.78. The van der Waals surface area contributed by atoms with Gasteiger partial charge in [-0.2, -0.15) is 5.10 Å². The van der Waals surface area contributed by atoms with E-state index in [0.717, 1.165) is 23.4 Å². The minimum absolute atomic E-state index is 0.0796. The first kappa shape index (κ1) is 17.0. The van der Waals surface area contributed by atoms with Crippen LogP contribution in [0.3, 0.4) is 0 Å². The summed E-state index contributed by atoms with van der Waals surface area (Å²) in [5.41, 5.74) is 3.08. The molecule has 0 aliphatic rings. The normalized spacial score (nSPS) is 10.8. The van der Waals surface area contributed by atoms with Gasteiger partial charge in [0, 0.05) is 25.5 Å². The molecule has 1 amide bonds. The third kappa shape index (κ3) is 3.79. The summed E-state index contributed by atoms with van der Waals surface area (Å²) in [5.74, 6) is 0.808. The van der Waals surface area contributed by atoms with Crippen LogP contribution in [0.15, 0.2) is 42.7 Å². The summed E-state index contributed by atoms with van der Waals surface area (Å²) in [5, 5.41) is 4.19. The van der Waals surface area contributed by atoms with Crippen molar-refractivity contribution in [2.45, 2.75) is 20.3 Å². The van der Waals surface area contributed by atoms with Gasteiger partial charge in [-0.05, 0) is 38.0 Å². The number of carbonyl (C=O) groups is 1. The quantitative estimate of drug-likeness (QED) is 0.649. The van der Waals surface area contributed by atoms with Crippen LogP contribution < -0.4 is 4.74 Å². The van der Waals surface area contributed by atoms with Gasteiger partial charge in [-0.25, -0.2) is 9.50 Å². The Kier molecular flexibility index (Phi) is 4.97. The van der Waals surface area contributed by atoms with Crippen molar-refractivity contribution in [2.75, 3.05) is 20.2 Å². The van der Waals surface area contributed by atoms with Crippen LogP contribution in [-0.4, -0.2) is 45.6 Å². The zero-order valence-corrected chi connectivity index (χ0v) is 14.8. The fraction of sp³-hybridized carbons (Fsp3) is 0.316. The topological polar surface area (TPSA) is 59.7 Å². The lowest BCUT2D eigenvalue weighted by Gasteiger charge is -2.17. The van der Waals surface area contributed by atoms with Crippen molar-refractivity contribution in [1.29, 1.82) is 0 Å². The molecule has 0 aliphatic carbocycles. The number of hydrogen-bond acceptors (Lipinski definition) is 4. The highest BCUT2D eigenvalue weighted by Crippen LogP contribution is 2.16. The second-order valence-corrected chi connectivity index (χ2v) is 6.09. The van der Waals surface area contributed by atoms with E-state index >= 15 is 0 Å². The Balaban J connectivity index is 1.57. The van der Waals surface area contributed by atoms with E-state index in [4.69, 9.17) is 4.74 Å². The number of amides is 1. The second-order valence-electron chi connectivity index (χ2n) is 6.09. The molecule has 25 heavy (non-hydrogen) atoms. The molecule has 0 unspecified atom stereocenters. The predicted octanol–water partition coefficient (Wildman–Crippen LogP) is 2.89. The van der Waals surface area contributed by atoms with Gasteiger partial charge in [0.2, 0.25) is 0 Å². The molecule has 3 aromatic rings. The van der Waals surface area contributed by atoms with Crippen LogP contribution >= 0.6 is 0 Å². The molecule has 0 saturated carbocycles. The number of para-hydroxylation sites is 1. The Bertz CT molecular complexity index is 888. The maximum atomic E-state index is 12.6. The number of aryl methyl sites for hydroxylation is 2. The summed E-state index contributed by atoms with van der Waals surface area (Å²) >= 11 is 0. The maximum absolute atomic E-state index is 12.6. The van der Waals surface area contributed by atoms with Crippen LogP contribution in [0.1, 0.15) is 28.0 Å². The number of benzene rings is 1. The monoisotopic (exact) mass is 338 g/mol. The van der Waals surface area contributed by atoms with E-state index < -0.39 is 0 Å². The molecule has 0 fully saturated rings. The van der Waals surface area contributed by atoms with Crippen molar-refractivity contribution in [2.24, 2.45) is 0 Å². The van der Waals surface area contributed by atoms with E-state index in [-0.39, 0.29) is 5.91 Å². The summed E-state index contributed by atoms with van der Waals surface area (Å²) in [6.07, 6.45) is 4.14. The Morgan fingerprint density at radius 3 is 2.84 bits per heavy atom. The minimum Gasteiger partial charge on any atom is -0.493 e. The van der Waals surface area contributed by atoms with Crippen molar-refractivity contribution in [3.8, 4) is 5.75 Å². The molecule has 130 valence electrons. The van der Waals surface area contributed by atoms with Gasteiger partial charge in [-0.15, -0.1) is 0 Å². The highest BCUT2D eigenvalue weighted by atomic mass is 16.5. The average molecular weight is 338 g/mol. The zero-order valence-electron chi connectivity index (χ0n) is 14.8. The third-order valence-corrected chi connectivity index (χ3v) is 4.07. The van der Waals surface area contributed by atoms with Crippen LogP contribution in [0.5, 0.6) is 5.75 Å². The van der Waals surface area contributed by atoms with Crippen LogP contribution in [0.25, 0.3) is 5.65 Å². The predicted molar refractivity (Wildman–Crippen MR) is 96.0 cm³/mol. The molecule has 0 atom stereocenters. The van der Waals surface area contributed by atoms with Gasteiger partial charge in [0.15, 0.2) is 5.65 Å². The second kappa shape index (κ2) is 7.34. The van der Waals surface area contributed by atoms with Crippen molar-refractivity contribution in [1.82, 2.24) is 19.5 Å². The largest absolute Gasteiger partial charge is 0.493 e. The highest BCUT2D eigenvalue weighted by molar-refractivity contribution is 5.99. The van der Waals surface area contributed by atoms with Gasteiger partial charge >= 0.3 is 0 Å². The van der Waals surface area contributed by atoms with Gasteiger partial charge in [0.05, 0.1) is 12.8 Å². The molecule has 0 radical (unpaired) electrons. The smallest absolute Gasteiger partial charge is 0.259 e. The molecular weight excluding hydrogens is 316 g/mol. The third-order valence-electron chi connectivity index (χ3n) is 4.07. The SMILES string of the molecule is Cc1ccn2ncc(C(=O)N(C)CCCOc3ccccc3C)c2n1. The van der Waals surface area contributed by atoms with E-state index in [0.29, 0.717) is 24.4 Å². The summed E-state index contributed by atoms with van der Waals surface area (Å²) < 4.78 is 7.40. The first-order valence-electron chi connectivity index (χ1n) is 8.31. The lowest BCUT2D eigenvalue weighted by atomic mass is 10.2. The van der Waals surface area contributed by atoms with Crippen molar-refractivity contribution < 1.29 is 9.53 Å². The van der Waals surface area contributed by atoms with Gasteiger partial charge in [-0.3, -0.25) is 4.79 Å². The molecule has 6 nitrogen and oxygen atoms in total. The number of nitrogens with zero attached hydrogens (tertiary/aromatic N) is 4. The Morgan fingerprint density at radius 2 is 2.04 bits per heavy atom. The van der Waals surface area contributed by atoms with E-state index in [1.807, 2.05) is 50.4 Å². The first-order chi connectivity index (χ1) is 12.1. The number of fused-ring (bicyclic) bond motifs is 1. The van der Waals surface area contributed by atoms with Crippen LogP contribution in [0.2, 0.25) is 0 Å². The molecule has 2 heterocycles. The zero-order chi connectivity index (χ0) is 17.8. The van der Waals surface area contributed by atoms with Gasteiger partial charge in [0.25, 0.3) is 5.91 Å². The number of hydrogen-bond donors (Lipinski definition) is 0. The van der Waals surface area contributed by atoms with Crippen molar-refractivity contribution in [3.05, 3.63) is 59.5 Å². The Labute approximate surface area is 147 Å². The van der Waals surface area contributed by atoms with E-state index in [9.17, 15) is 4.79 Å². The number of rotatable bonds is 6. The molecule has 1 aromatic carbocycles. The van der Waals surface area contributed by atoms with Gasteiger partial charge in [-0.1, -0.05) is 18.2 Å². The lowest BCUT2D eigenvalue weighted by Crippen LogP contribution is -2.28. The van der Waals surface area contributed by atoms with Gasteiger partial charge in [0.1, 0.15) is 11.3 Å². The molecular formula is C19H22N4O2. The van der Waals surface area contributed by atoms with Crippen molar-refractivity contribution in [3.63, 3.8) is 0 Å². The molecule has 0 aliphatic heterocycles. The Morgan fingerprint density at radius 1 is 1.24 bits per heavy atom. The van der Waals surface area contributed by atoms with Crippen molar-refractivity contribution >= 4 is 11.6 Å². The van der Waals surface area contributed by atoms with Crippen LogP contribution in [0, 0.1) is 13.8 Å².